The predicted molar refractivity (Wildman–Crippen MR) is 120 cm³/mol. The van der Waals surface area contributed by atoms with Crippen LogP contribution >= 0.6 is 0 Å². The Morgan fingerprint density at radius 3 is 2.61 bits per heavy atom. The molecule has 1 unspecified atom stereocenters. The van der Waals surface area contributed by atoms with Crippen LogP contribution in [0.15, 0.2) is 54.6 Å². The molecule has 6 heteroatoms. The van der Waals surface area contributed by atoms with E-state index in [1.807, 2.05) is 82.3 Å². The molecule has 6 nitrogen and oxygen atoms in total. The number of benzene rings is 2. The second kappa shape index (κ2) is 8.02. The van der Waals surface area contributed by atoms with Crippen molar-refractivity contribution < 1.29 is 14.3 Å². The van der Waals surface area contributed by atoms with E-state index in [-0.39, 0.29) is 18.4 Å². The molecular weight excluding hydrogens is 390 g/mol. The third-order valence-electron chi connectivity index (χ3n) is 5.17. The monoisotopic (exact) mass is 417 g/mol. The fourth-order valence-corrected chi connectivity index (χ4v) is 3.79. The molecule has 0 bridgehead atoms. The second-order valence-corrected chi connectivity index (χ2v) is 9.02. The summed E-state index contributed by atoms with van der Waals surface area (Å²) in [5.41, 5.74) is 2.94. The van der Waals surface area contributed by atoms with E-state index in [9.17, 15) is 9.59 Å². The highest BCUT2D eigenvalue weighted by Gasteiger charge is 2.38. The summed E-state index contributed by atoms with van der Waals surface area (Å²) in [5, 5.41) is 3.93. The maximum atomic E-state index is 13.5. The molecule has 4 rings (SSSR count). The minimum atomic E-state index is -0.845. The Morgan fingerprint density at radius 2 is 1.90 bits per heavy atom. The van der Waals surface area contributed by atoms with E-state index in [4.69, 9.17) is 4.74 Å². The van der Waals surface area contributed by atoms with Crippen molar-refractivity contribution in [3.8, 4) is 5.88 Å². The maximum Gasteiger partial charge on any atom is 0.261 e. The van der Waals surface area contributed by atoms with E-state index in [0.717, 1.165) is 22.0 Å². The highest BCUT2D eigenvalue weighted by atomic mass is 16.5. The Balaban J connectivity index is 1.85. The van der Waals surface area contributed by atoms with Gasteiger partial charge in [-0.3, -0.25) is 9.59 Å². The lowest BCUT2D eigenvalue weighted by Gasteiger charge is -2.32. The van der Waals surface area contributed by atoms with Gasteiger partial charge in [-0.15, -0.1) is 0 Å². The highest BCUT2D eigenvalue weighted by Crippen LogP contribution is 2.35. The summed E-state index contributed by atoms with van der Waals surface area (Å²) in [6.07, 6.45) is 0. The zero-order valence-corrected chi connectivity index (χ0v) is 18.3. The van der Waals surface area contributed by atoms with Gasteiger partial charge in [-0.05, 0) is 51.0 Å². The minimum Gasteiger partial charge on any atom is -0.467 e. The lowest BCUT2D eigenvalue weighted by atomic mass is 10.00. The second-order valence-electron chi connectivity index (χ2n) is 9.02. The van der Waals surface area contributed by atoms with Crippen molar-refractivity contribution in [1.82, 2.24) is 15.2 Å². The molecule has 31 heavy (non-hydrogen) atoms. The summed E-state index contributed by atoms with van der Waals surface area (Å²) in [7, 11) is 0. The Bertz CT molecular complexity index is 1140. The van der Waals surface area contributed by atoms with Crippen LogP contribution in [-0.2, 0) is 16.1 Å². The average molecular weight is 418 g/mol. The van der Waals surface area contributed by atoms with Crippen LogP contribution in [0.1, 0.15) is 43.5 Å². The number of rotatable bonds is 3. The molecule has 2 amide bonds. The standard InChI is InChI=1S/C25H27N3O3/c1-16-10-11-18-13-19-22(23(30)27-25(2,3)4)28(14-17-8-6-5-7-9-17)21(29)15-31-24(19)26-20(18)12-16/h5-13,22H,14-15H2,1-4H3,(H,27,30). The van der Waals surface area contributed by atoms with Crippen LogP contribution in [0.4, 0.5) is 0 Å². The van der Waals surface area contributed by atoms with Gasteiger partial charge in [0.1, 0.15) is 6.04 Å². The van der Waals surface area contributed by atoms with Crippen LogP contribution < -0.4 is 10.1 Å². The molecule has 1 N–H and O–H groups in total. The van der Waals surface area contributed by atoms with Gasteiger partial charge in [-0.25, -0.2) is 4.98 Å². The van der Waals surface area contributed by atoms with Gasteiger partial charge in [0.2, 0.25) is 11.8 Å². The number of pyridine rings is 1. The number of fused-ring (bicyclic) bond motifs is 2. The molecule has 1 aromatic heterocycles. The van der Waals surface area contributed by atoms with E-state index < -0.39 is 11.6 Å². The van der Waals surface area contributed by atoms with Crippen molar-refractivity contribution in [3.05, 3.63) is 71.3 Å². The molecule has 2 heterocycles. The highest BCUT2D eigenvalue weighted by molar-refractivity contribution is 5.92. The summed E-state index contributed by atoms with van der Waals surface area (Å²) >= 11 is 0. The van der Waals surface area contributed by atoms with Crippen LogP contribution in [0, 0.1) is 6.92 Å². The molecule has 0 saturated carbocycles. The summed E-state index contributed by atoms with van der Waals surface area (Å²) in [5.74, 6) is -0.177. The average Bonchev–Trinajstić information content (AvgIpc) is 2.83. The number of hydrogen-bond acceptors (Lipinski definition) is 4. The minimum absolute atomic E-state index is 0.163. The number of aryl methyl sites for hydroxylation is 1. The lowest BCUT2D eigenvalue weighted by molar-refractivity contribution is -0.142. The van der Waals surface area contributed by atoms with Gasteiger partial charge in [0.15, 0.2) is 6.61 Å². The number of nitrogens with one attached hydrogen (secondary N) is 1. The third kappa shape index (κ3) is 4.53. The molecule has 2 aromatic carbocycles. The SMILES string of the molecule is Cc1ccc2cc3c(nc2c1)OCC(=O)N(Cc1ccccc1)C3C(=O)NC(C)(C)C. The van der Waals surface area contributed by atoms with Crippen LogP contribution in [0.2, 0.25) is 0 Å². The first-order chi connectivity index (χ1) is 14.7. The van der Waals surface area contributed by atoms with Gasteiger partial charge in [0, 0.05) is 23.0 Å². The molecule has 160 valence electrons. The Kier molecular flexibility index (Phi) is 5.39. The number of aromatic nitrogens is 1. The molecule has 0 radical (unpaired) electrons. The van der Waals surface area contributed by atoms with Gasteiger partial charge in [0.05, 0.1) is 5.52 Å². The number of hydrogen-bond donors (Lipinski definition) is 1. The number of carbonyl (C=O) groups is 2. The Hall–Kier alpha value is -3.41. The molecule has 1 atom stereocenters. The van der Waals surface area contributed by atoms with Gasteiger partial charge < -0.3 is 15.0 Å². The predicted octanol–water partition coefficient (Wildman–Crippen LogP) is 3.92. The zero-order valence-electron chi connectivity index (χ0n) is 18.3. The fourth-order valence-electron chi connectivity index (χ4n) is 3.79. The van der Waals surface area contributed by atoms with E-state index in [1.54, 1.807) is 4.90 Å². The first kappa shape index (κ1) is 20.8. The topological polar surface area (TPSA) is 71.5 Å². The molecule has 0 saturated heterocycles. The van der Waals surface area contributed by atoms with Crippen molar-refractivity contribution in [2.24, 2.45) is 0 Å². The van der Waals surface area contributed by atoms with Gasteiger partial charge in [-0.1, -0.05) is 42.5 Å². The first-order valence-corrected chi connectivity index (χ1v) is 10.4. The summed E-state index contributed by atoms with van der Waals surface area (Å²) in [6, 6.07) is 16.7. The number of ether oxygens (including phenoxy) is 1. The quantitative estimate of drug-likeness (QED) is 0.701. The molecule has 1 aliphatic heterocycles. The normalized spacial score (nSPS) is 16.5. The largest absolute Gasteiger partial charge is 0.467 e. The molecule has 1 aliphatic rings. The molecule has 0 fully saturated rings. The maximum absolute atomic E-state index is 13.5. The Labute approximate surface area is 182 Å². The van der Waals surface area contributed by atoms with Crippen molar-refractivity contribution >= 4 is 22.7 Å². The van der Waals surface area contributed by atoms with Gasteiger partial charge >= 0.3 is 0 Å². The molecule has 0 aliphatic carbocycles. The number of amides is 2. The van der Waals surface area contributed by atoms with Crippen molar-refractivity contribution in [2.75, 3.05) is 6.61 Å². The van der Waals surface area contributed by atoms with Crippen LogP contribution in [0.25, 0.3) is 10.9 Å². The Morgan fingerprint density at radius 1 is 1.16 bits per heavy atom. The van der Waals surface area contributed by atoms with Crippen molar-refractivity contribution in [3.63, 3.8) is 0 Å². The first-order valence-electron chi connectivity index (χ1n) is 10.4. The van der Waals surface area contributed by atoms with Crippen LogP contribution in [-0.4, -0.2) is 33.8 Å². The fraction of sp³-hybridized carbons (Fsp3) is 0.320. The van der Waals surface area contributed by atoms with Crippen LogP contribution in [0.3, 0.4) is 0 Å². The molecule has 3 aromatic rings. The lowest BCUT2D eigenvalue weighted by Crippen LogP contribution is -2.49. The summed E-state index contributed by atoms with van der Waals surface area (Å²) < 4.78 is 5.80. The van der Waals surface area contributed by atoms with Crippen molar-refractivity contribution in [1.29, 1.82) is 0 Å². The number of carbonyl (C=O) groups excluding carboxylic acids is 2. The third-order valence-corrected chi connectivity index (χ3v) is 5.17. The van der Waals surface area contributed by atoms with E-state index in [2.05, 4.69) is 10.3 Å². The van der Waals surface area contributed by atoms with Crippen molar-refractivity contribution in [2.45, 2.75) is 45.8 Å². The molecular formula is C25H27N3O3. The number of nitrogens with zero attached hydrogens (tertiary/aromatic N) is 2. The smallest absolute Gasteiger partial charge is 0.261 e. The van der Waals surface area contributed by atoms with Gasteiger partial charge in [0.25, 0.3) is 5.91 Å². The van der Waals surface area contributed by atoms with Crippen LogP contribution in [0.5, 0.6) is 5.88 Å². The van der Waals surface area contributed by atoms with E-state index in [1.165, 1.54) is 0 Å². The zero-order chi connectivity index (χ0) is 22.2. The van der Waals surface area contributed by atoms with E-state index in [0.29, 0.717) is 18.0 Å². The van der Waals surface area contributed by atoms with Gasteiger partial charge in [-0.2, -0.15) is 0 Å². The molecule has 0 spiro atoms. The summed E-state index contributed by atoms with van der Waals surface area (Å²) in [4.78, 5) is 32.8. The van der Waals surface area contributed by atoms with E-state index >= 15 is 0 Å². The summed E-state index contributed by atoms with van der Waals surface area (Å²) in [6.45, 7) is 7.90.